The van der Waals surface area contributed by atoms with Crippen LogP contribution in [0.25, 0.3) is 0 Å². The molecule has 6 heteroatoms. The van der Waals surface area contributed by atoms with Crippen molar-refractivity contribution < 1.29 is 14.3 Å². The molecular formula is C14H17BrN2O3. The summed E-state index contributed by atoms with van der Waals surface area (Å²) in [5, 5.41) is 2.67. The Morgan fingerprint density at radius 2 is 2.10 bits per heavy atom. The quantitative estimate of drug-likeness (QED) is 0.843. The molecule has 2 amide bonds. The van der Waals surface area contributed by atoms with Gasteiger partial charge in [0.1, 0.15) is 12.1 Å². The van der Waals surface area contributed by atoms with Gasteiger partial charge in [0.25, 0.3) is 0 Å². The zero-order valence-electron chi connectivity index (χ0n) is 11.0. The fourth-order valence-corrected chi connectivity index (χ4v) is 2.39. The highest BCUT2D eigenvalue weighted by atomic mass is 79.9. The van der Waals surface area contributed by atoms with Crippen LogP contribution in [0.1, 0.15) is 18.4 Å². The number of ether oxygens (including phenoxy) is 1. The maximum absolute atomic E-state index is 12.0. The Morgan fingerprint density at radius 1 is 1.40 bits per heavy atom. The lowest BCUT2D eigenvalue weighted by atomic mass is 10.0. The highest BCUT2D eigenvalue weighted by Gasteiger charge is 2.27. The van der Waals surface area contributed by atoms with Crippen LogP contribution in [-0.2, 0) is 20.7 Å². The van der Waals surface area contributed by atoms with Gasteiger partial charge in [0.15, 0.2) is 0 Å². The van der Waals surface area contributed by atoms with Crippen LogP contribution in [0.5, 0.6) is 0 Å². The first-order chi connectivity index (χ1) is 9.56. The van der Waals surface area contributed by atoms with Gasteiger partial charge in [-0.15, -0.1) is 0 Å². The van der Waals surface area contributed by atoms with E-state index in [0.29, 0.717) is 19.4 Å². The van der Waals surface area contributed by atoms with E-state index in [4.69, 9.17) is 10.5 Å². The molecule has 0 bridgehead atoms. The Labute approximate surface area is 126 Å². The molecule has 1 aliphatic rings. The number of hydrogen-bond acceptors (Lipinski definition) is 3. The van der Waals surface area contributed by atoms with Crippen molar-refractivity contribution in [1.29, 1.82) is 0 Å². The van der Waals surface area contributed by atoms with Crippen molar-refractivity contribution in [2.45, 2.75) is 31.4 Å². The van der Waals surface area contributed by atoms with Crippen LogP contribution in [0.3, 0.4) is 0 Å². The Bertz CT molecular complexity index is 484. The lowest BCUT2D eigenvalue weighted by molar-refractivity contribution is -0.133. The number of carbonyl (C=O) groups is 2. The van der Waals surface area contributed by atoms with E-state index in [1.54, 1.807) is 0 Å². The number of hydrogen-bond donors (Lipinski definition) is 2. The van der Waals surface area contributed by atoms with Crippen molar-refractivity contribution >= 4 is 27.7 Å². The van der Waals surface area contributed by atoms with Gasteiger partial charge in [0.05, 0.1) is 0 Å². The monoisotopic (exact) mass is 340 g/mol. The molecule has 0 aliphatic carbocycles. The van der Waals surface area contributed by atoms with Crippen LogP contribution in [0.15, 0.2) is 28.7 Å². The molecule has 0 radical (unpaired) electrons. The molecule has 0 unspecified atom stereocenters. The molecule has 1 aromatic rings. The molecule has 0 saturated carbocycles. The van der Waals surface area contributed by atoms with Crippen molar-refractivity contribution in [2.24, 2.45) is 5.73 Å². The fourth-order valence-electron chi connectivity index (χ4n) is 2.13. The summed E-state index contributed by atoms with van der Waals surface area (Å²) in [4.78, 5) is 23.4. The molecule has 5 nitrogen and oxygen atoms in total. The third-order valence-electron chi connectivity index (χ3n) is 3.24. The molecule has 2 atom stereocenters. The second kappa shape index (κ2) is 6.85. The van der Waals surface area contributed by atoms with E-state index < -0.39 is 18.1 Å². The Hall–Kier alpha value is -1.40. The fraction of sp³-hybridized carbons (Fsp3) is 0.429. The number of nitrogens with one attached hydrogen (secondary N) is 1. The molecule has 0 aromatic heterocycles. The molecule has 2 rings (SSSR count). The molecule has 1 heterocycles. The molecule has 0 spiro atoms. The number of rotatable bonds is 5. The minimum atomic E-state index is -0.715. The molecule has 1 aliphatic heterocycles. The van der Waals surface area contributed by atoms with Crippen LogP contribution in [0.4, 0.5) is 0 Å². The van der Waals surface area contributed by atoms with Gasteiger partial charge < -0.3 is 15.8 Å². The highest BCUT2D eigenvalue weighted by molar-refractivity contribution is 9.10. The van der Waals surface area contributed by atoms with E-state index in [9.17, 15) is 9.59 Å². The summed E-state index contributed by atoms with van der Waals surface area (Å²) in [6.45, 7) is 0.589. The minimum absolute atomic E-state index is 0.261. The Balaban J connectivity index is 1.98. The molecular weight excluding hydrogens is 324 g/mol. The second-order valence-corrected chi connectivity index (χ2v) is 5.71. The van der Waals surface area contributed by atoms with Gasteiger partial charge in [0, 0.05) is 17.5 Å². The molecule has 1 saturated heterocycles. The largest absolute Gasteiger partial charge is 0.368 e. The van der Waals surface area contributed by atoms with Gasteiger partial charge in [-0.3, -0.25) is 9.59 Å². The summed E-state index contributed by atoms with van der Waals surface area (Å²) in [6, 6.07) is 6.83. The summed E-state index contributed by atoms with van der Waals surface area (Å²) in [5.74, 6) is -0.803. The van der Waals surface area contributed by atoms with E-state index in [0.717, 1.165) is 16.5 Å². The first kappa shape index (κ1) is 15.0. The SMILES string of the molecule is NC(=O)[C@@H](Cc1ccc(Br)cc1)NC(=O)[C@@H]1CCCO1. The summed E-state index contributed by atoms with van der Waals surface area (Å²) in [6.07, 6.45) is 1.48. The van der Waals surface area contributed by atoms with Crippen LogP contribution in [0, 0.1) is 0 Å². The maximum Gasteiger partial charge on any atom is 0.249 e. The smallest absolute Gasteiger partial charge is 0.249 e. The number of halogens is 1. The Morgan fingerprint density at radius 3 is 2.65 bits per heavy atom. The van der Waals surface area contributed by atoms with Crippen molar-refractivity contribution in [3.63, 3.8) is 0 Å². The molecule has 20 heavy (non-hydrogen) atoms. The van der Waals surface area contributed by atoms with Gasteiger partial charge >= 0.3 is 0 Å². The van der Waals surface area contributed by atoms with Crippen molar-refractivity contribution in [1.82, 2.24) is 5.32 Å². The van der Waals surface area contributed by atoms with E-state index in [1.807, 2.05) is 24.3 Å². The predicted molar refractivity (Wildman–Crippen MR) is 77.9 cm³/mol. The zero-order valence-corrected chi connectivity index (χ0v) is 12.6. The number of carbonyl (C=O) groups excluding carboxylic acids is 2. The lowest BCUT2D eigenvalue weighted by Crippen LogP contribution is -2.49. The van der Waals surface area contributed by atoms with Crippen LogP contribution in [-0.4, -0.2) is 30.6 Å². The van der Waals surface area contributed by atoms with Gasteiger partial charge in [-0.2, -0.15) is 0 Å². The van der Waals surface area contributed by atoms with Crippen molar-refractivity contribution in [3.05, 3.63) is 34.3 Å². The molecule has 3 N–H and O–H groups in total. The first-order valence-electron chi connectivity index (χ1n) is 6.52. The maximum atomic E-state index is 12.0. The number of benzene rings is 1. The second-order valence-electron chi connectivity index (χ2n) is 4.80. The highest BCUT2D eigenvalue weighted by Crippen LogP contribution is 2.14. The van der Waals surface area contributed by atoms with Crippen molar-refractivity contribution in [2.75, 3.05) is 6.61 Å². The average molecular weight is 341 g/mol. The van der Waals surface area contributed by atoms with Gasteiger partial charge in [-0.05, 0) is 30.5 Å². The predicted octanol–water partition coefficient (Wildman–Crippen LogP) is 1.14. The topological polar surface area (TPSA) is 81.4 Å². The van der Waals surface area contributed by atoms with Gasteiger partial charge in [-0.1, -0.05) is 28.1 Å². The Kier molecular flexibility index (Phi) is 5.14. The van der Waals surface area contributed by atoms with E-state index in [-0.39, 0.29) is 5.91 Å². The lowest BCUT2D eigenvalue weighted by Gasteiger charge is -2.18. The third kappa shape index (κ3) is 4.05. The van der Waals surface area contributed by atoms with Crippen molar-refractivity contribution in [3.8, 4) is 0 Å². The summed E-state index contributed by atoms with van der Waals surface area (Å²) < 4.78 is 6.25. The number of primary amides is 1. The molecule has 1 aromatic carbocycles. The standard InChI is InChI=1S/C14H17BrN2O3/c15-10-5-3-9(4-6-10)8-11(13(16)18)17-14(19)12-2-1-7-20-12/h3-6,11-12H,1-2,7-8H2,(H2,16,18)(H,17,19)/t11-,12+/m1/s1. The first-order valence-corrected chi connectivity index (χ1v) is 7.31. The van der Waals surface area contributed by atoms with E-state index in [1.165, 1.54) is 0 Å². The summed E-state index contributed by atoms with van der Waals surface area (Å²) >= 11 is 3.35. The summed E-state index contributed by atoms with van der Waals surface area (Å²) in [5.41, 5.74) is 6.29. The zero-order chi connectivity index (χ0) is 14.5. The molecule has 108 valence electrons. The number of nitrogens with two attached hydrogens (primary N) is 1. The normalized spacial score (nSPS) is 19.6. The third-order valence-corrected chi connectivity index (χ3v) is 3.76. The van der Waals surface area contributed by atoms with Gasteiger partial charge in [-0.25, -0.2) is 0 Å². The average Bonchev–Trinajstić information content (AvgIpc) is 2.94. The van der Waals surface area contributed by atoms with Crippen LogP contribution >= 0.6 is 15.9 Å². The van der Waals surface area contributed by atoms with E-state index in [2.05, 4.69) is 21.2 Å². The van der Waals surface area contributed by atoms with Crippen LogP contribution in [0.2, 0.25) is 0 Å². The summed E-state index contributed by atoms with van der Waals surface area (Å²) in [7, 11) is 0. The van der Waals surface area contributed by atoms with Gasteiger partial charge in [0.2, 0.25) is 11.8 Å². The number of amides is 2. The molecule has 1 fully saturated rings. The minimum Gasteiger partial charge on any atom is -0.368 e. The van der Waals surface area contributed by atoms with E-state index >= 15 is 0 Å². The van der Waals surface area contributed by atoms with Crippen LogP contribution < -0.4 is 11.1 Å².